The monoisotopic (exact) mass is 463 g/mol. The van der Waals surface area contributed by atoms with Gasteiger partial charge in [-0.1, -0.05) is 0 Å². The first-order valence-electron chi connectivity index (χ1n) is 10.5. The summed E-state index contributed by atoms with van der Waals surface area (Å²) in [5.74, 6) is 2.00. The number of nitrogens with one attached hydrogen (secondary N) is 2. The van der Waals surface area contributed by atoms with E-state index in [1.165, 1.54) is 18.9 Å². The lowest BCUT2D eigenvalue weighted by atomic mass is 9.94. The van der Waals surface area contributed by atoms with Crippen LogP contribution in [0.5, 0.6) is 17.2 Å². The van der Waals surface area contributed by atoms with Crippen LogP contribution in [0.15, 0.2) is 16.9 Å². The van der Waals surface area contributed by atoms with Gasteiger partial charge in [-0.25, -0.2) is 0 Å². The molecule has 10 heteroatoms. The molecule has 0 bridgehead atoms. The maximum atomic E-state index is 13.2. The highest BCUT2D eigenvalue weighted by atomic mass is 32.2. The number of anilines is 1. The molecule has 0 unspecified atom stereocenters. The summed E-state index contributed by atoms with van der Waals surface area (Å²) in [5, 5.41) is 5.51. The van der Waals surface area contributed by atoms with Crippen LogP contribution in [0, 0.1) is 0 Å². The summed E-state index contributed by atoms with van der Waals surface area (Å²) >= 11 is 1.38. The maximum absolute atomic E-state index is 13.2. The van der Waals surface area contributed by atoms with Crippen LogP contribution in [0.3, 0.4) is 0 Å². The summed E-state index contributed by atoms with van der Waals surface area (Å²) in [7, 11) is 4.64. The third-order valence-electron chi connectivity index (χ3n) is 5.92. The van der Waals surface area contributed by atoms with Gasteiger partial charge in [-0.2, -0.15) is 0 Å². The Kier molecular flexibility index (Phi) is 6.17. The maximum Gasteiger partial charge on any atom is 0.270 e. The second-order valence-electron chi connectivity index (χ2n) is 8.49. The number of carbonyl (C=O) groups excluding carboxylic acids is 1. The van der Waals surface area contributed by atoms with E-state index in [-0.39, 0.29) is 28.9 Å². The van der Waals surface area contributed by atoms with E-state index in [2.05, 4.69) is 10.4 Å². The Hall–Kier alpha value is -2.59. The smallest absolute Gasteiger partial charge is 0.270 e. The Morgan fingerprint density at radius 1 is 1.12 bits per heavy atom. The average Bonchev–Trinajstić information content (AvgIpc) is 2.97. The number of aromatic nitrogens is 2. The van der Waals surface area contributed by atoms with E-state index < -0.39 is 5.25 Å². The summed E-state index contributed by atoms with van der Waals surface area (Å²) in [6.07, 6.45) is 1.46. The van der Waals surface area contributed by atoms with Crippen molar-refractivity contribution < 1.29 is 23.7 Å². The molecule has 174 valence electrons. The minimum Gasteiger partial charge on any atom is -0.493 e. The number of benzene rings is 1. The molecular formula is C22H29N3O6S. The molecule has 4 rings (SSSR count). The molecule has 32 heavy (non-hydrogen) atoms. The average molecular weight is 464 g/mol. The molecule has 1 aromatic heterocycles. The molecule has 0 aliphatic carbocycles. The summed E-state index contributed by atoms with van der Waals surface area (Å²) in [6, 6.07) is 3.64. The van der Waals surface area contributed by atoms with Crippen LogP contribution in [0.25, 0.3) is 0 Å². The minimum atomic E-state index is -0.434. The van der Waals surface area contributed by atoms with E-state index in [0.717, 1.165) is 18.4 Å². The highest BCUT2D eigenvalue weighted by molar-refractivity contribution is 8.00. The van der Waals surface area contributed by atoms with E-state index in [1.54, 1.807) is 20.3 Å². The van der Waals surface area contributed by atoms with E-state index in [0.29, 0.717) is 35.2 Å². The molecule has 2 atom stereocenters. The molecule has 1 amide bonds. The van der Waals surface area contributed by atoms with Gasteiger partial charge in [-0.05, 0) is 38.8 Å². The fourth-order valence-corrected chi connectivity index (χ4v) is 5.65. The number of nitrogens with zero attached hydrogens (tertiary/aromatic N) is 1. The number of amides is 1. The molecule has 2 aromatic rings. The Morgan fingerprint density at radius 3 is 2.53 bits per heavy atom. The minimum absolute atomic E-state index is 0.00606. The van der Waals surface area contributed by atoms with Crippen LogP contribution in [0.4, 0.5) is 5.82 Å². The first-order chi connectivity index (χ1) is 15.3. The molecular weight excluding hydrogens is 434 g/mol. The summed E-state index contributed by atoms with van der Waals surface area (Å²) < 4.78 is 24.3. The van der Waals surface area contributed by atoms with Crippen LogP contribution in [0.1, 0.15) is 49.1 Å². The zero-order valence-corrected chi connectivity index (χ0v) is 19.8. The number of thioether (sulfide) groups is 1. The fraction of sp³-hybridized carbons (Fsp3) is 0.545. The van der Waals surface area contributed by atoms with Crippen molar-refractivity contribution in [1.29, 1.82) is 0 Å². The first kappa shape index (κ1) is 22.6. The Balaban J connectivity index is 1.86. The van der Waals surface area contributed by atoms with Crippen LogP contribution in [-0.2, 0) is 9.53 Å². The highest BCUT2D eigenvalue weighted by Gasteiger charge is 2.37. The second-order valence-corrected chi connectivity index (χ2v) is 9.58. The van der Waals surface area contributed by atoms with Gasteiger partial charge < -0.3 is 24.3 Å². The van der Waals surface area contributed by atoms with Crippen molar-refractivity contribution in [2.24, 2.45) is 0 Å². The van der Waals surface area contributed by atoms with Gasteiger partial charge in [-0.15, -0.1) is 11.8 Å². The molecule has 0 saturated carbocycles. The Labute approximate surface area is 190 Å². The van der Waals surface area contributed by atoms with E-state index in [9.17, 15) is 9.59 Å². The molecule has 2 N–H and O–H groups in total. The predicted octanol–water partition coefficient (Wildman–Crippen LogP) is 3.11. The number of hydrogen-bond acceptors (Lipinski definition) is 7. The predicted molar refractivity (Wildman–Crippen MR) is 122 cm³/mol. The van der Waals surface area contributed by atoms with Crippen molar-refractivity contribution in [3.63, 3.8) is 0 Å². The third kappa shape index (κ3) is 3.97. The van der Waals surface area contributed by atoms with E-state index in [4.69, 9.17) is 18.9 Å². The van der Waals surface area contributed by atoms with Gasteiger partial charge in [-0.3, -0.25) is 19.4 Å². The van der Waals surface area contributed by atoms with Gasteiger partial charge in [0.2, 0.25) is 11.7 Å². The standard InChI is InChI=1S/C22H29N3O6S/c1-22(2)10-12(8-9-31-22)25-20-16(21(27)24-25)19(32-11-15(26)23-20)13-6-7-14(28-3)18(30-5)17(13)29-4/h6-7,12,19H,8-11H2,1-5H3,(H,23,26)(H,24,27)/t12-,19-/m1/s1. The number of ether oxygens (including phenoxy) is 4. The van der Waals surface area contributed by atoms with E-state index >= 15 is 0 Å². The number of fused-ring (bicyclic) bond motifs is 1. The molecule has 2 aliphatic heterocycles. The quantitative estimate of drug-likeness (QED) is 0.702. The number of methoxy groups -OCH3 is 3. The zero-order valence-electron chi connectivity index (χ0n) is 18.9. The van der Waals surface area contributed by atoms with Gasteiger partial charge in [0.1, 0.15) is 5.82 Å². The molecule has 1 saturated heterocycles. The van der Waals surface area contributed by atoms with Crippen LogP contribution in [-0.4, -0.2) is 55.0 Å². The third-order valence-corrected chi connectivity index (χ3v) is 7.17. The lowest BCUT2D eigenvalue weighted by Gasteiger charge is -2.36. The molecule has 0 radical (unpaired) electrons. The van der Waals surface area contributed by atoms with Crippen molar-refractivity contribution in [1.82, 2.24) is 9.78 Å². The number of aromatic amines is 1. The van der Waals surface area contributed by atoms with Crippen LogP contribution >= 0.6 is 11.8 Å². The van der Waals surface area contributed by atoms with Crippen molar-refractivity contribution in [3.8, 4) is 17.2 Å². The zero-order chi connectivity index (χ0) is 23.0. The SMILES string of the molecule is COc1ccc([C@H]2SCC(=O)Nc3c2c(=O)[nH]n3[C@@H]2CCOC(C)(C)C2)c(OC)c1OC. The lowest BCUT2D eigenvalue weighted by Crippen LogP contribution is -2.36. The summed E-state index contributed by atoms with van der Waals surface area (Å²) in [5.41, 5.74) is 0.687. The molecule has 3 heterocycles. The molecule has 1 aromatic carbocycles. The summed E-state index contributed by atoms with van der Waals surface area (Å²) in [4.78, 5) is 25.9. The van der Waals surface area contributed by atoms with Crippen molar-refractivity contribution in [3.05, 3.63) is 33.6 Å². The molecule has 1 fully saturated rings. The second kappa shape index (κ2) is 8.74. The number of carbonyl (C=O) groups is 1. The Bertz CT molecular complexity index is 1080. The highest BCUT2D eigenvalue weighted by Crippen LogP contribution is 2.49. The van der Waals surface area contributed by atoms with Gasteiger partial charge in [0.05, 0.1) is 49.5 Å². The van der Waals surface area contributed by atoms with Gasteiger partial charge in [0, 0.05) is 12.2 Å². The number of rotatable bonds is 5. The van der Waals surface area contributed by atoms with Gasteiger partial charge >= 0.3 is 0 Å². The topological polar surface area (TPSA) is 104 Å². The normalized spacial score (nSPS) is 22.5. The largest absolute Gasteiger partial charge is 0.493 e. The van der Waals surface area contributed by atoms with E-state index in [1.807, 2.05) is 24.6 Å². The molecule has 2 aliphatic rings. The van der Waals surface area contributed by atoms with Gasteiger partial charge in [0.25, 0.3) is 5.56 Å². The first-order valence-corrected chi connectivity index (χ1v) is 11.5. The number of hydrogen-bond donors (Lipinski definition) is 2. The number of H-pyrrole nitrogens is 1. The summed E-state index contributed by atoms with van der Waals surface area (Å²) in [6.45, 7) is 4.65. The molecule has 9 nitrogen and oxygen atoms in total. The molecule has 0 spiro atoms. The van der Waals surface area contributed by atoms with Crippen LogP contribution < -0.4 is 25.1 Å². The lowest BCUT2D eigenvalue weighted by molar-refractivity contribution is -0.113. The van der Waals surface area contributed by atoms with Crippen LogP contribution in [0.2, 0.25) is 0 Å². The van der Waals surface area contributed by atoms with Gasteiger partial charge in [0.15, 0.2) is 11.5 Å². The Morgan fingerprint density at radius 2 is 1.88 bits per heavy atom. The fourth-order valence-electron chi connectivity index (χ4n) is 4.51. The van der Waals surface area contributed by atoms with Crippen molar-refractivity contribution >= 4 is 23.5 Å². The van der Waals surface area contributed by atoms with Crippen molar-refractivity contribution in [2.75, 3.05) is 39.0 Å². The van der Waals surface area contributed by atoms with Crippen molar-refractivity contribution in [2.45, 2.75) is 43.6 Å².